The standard InChI is InChI=1S/C22H22N2O3/c1-13-8-19(24-22-18(13)10-17(26-2)11-20(22)27-3)15-6-4-14(5-7-15)16-9-21(25)23-12-16/h4-8,10-11,16H,9,12H2,1-3H3,(H,23,25). The van der Waals surface area contributed by atoms with Gasteiger partial charge >= 0.3 is 0 Å². The van der Waals surface area contributed by atoms with E-state index in [0.29, 0.717) is 18.7 Å². The summed E-state index contributed by atoms with van der Waals surface area (Å²) < 4.78 is 10.9. The van der Waals surface area contributed by atoms with Crippen LogP contribution in [0.1, 0.15) is 23.5 Å². The number of hydrogen-bond acceptors (Lipinski definition) is 4. The van der Waals surface area contributed by atoms with E-state index in [-0.39, 0.29) is 11.8 Å². The van der Waals surface area contributed by atoms with Crippen LogP contribution in [-0.4, -0.2) is 31.7 Å². The van der Waals surface area contributed by atoms with Gasteiger partial charge in [0.25, 0.3) is 0 Å². The van der Waals surface area contributed by atoms with Crippen LogP contribution in [0.3, 0.4) is 0 Å². The fraction of sp³-hybridized carbons (Fsp3) is 0.273. The second-order valence-electron chi connectivity index (χ2n) is 6.88. The van der Waals surface area contributed by atoms with E-state index >= 15 is 0 Å². The van der Waals surface area contributed by atoms with Gasteiger partial charge in [-0.25, -0.2) is 4.98 Å². The molecule has 1 aliphatic rings. The molecule has 1 N–H and O–H groups in total. The summed E-state index contributed by atoms with van der Waals surface area (Å²) in [4.78, 5) is 16.3. The average Bonchev–Trinajstić information content (AvgIpc) is 3.13. The number of carbonyl (C=O) groups is 1. The first-order valence-electron chi connectivity index (χ1n) is 8.99. The van der Waals surface area contributed by atoms with E-state index in [2.05, 4.69) is 42.6 Å². The van der Waals surface area contributed by atoms with Crippen LogP contribution in [0.15, 0.2) is 42.5 Å². The molecule has 0 aliphatic carbocycles. The first-order chi connectivity index (χ1) is 13.1. The number of ether oxygens (including phenoxy) is 2. The lowest BCUT2D eigenvalue weighted by atomic mass is 9.96. The number of carbonyl (C=O) groups excluding carboxylic acids is 1. The average molecular weight is 362 g/mol. The smallest absolute Gasteiger partial charge is 0.220 e. The zero-order valence-electron chi connectivity index (χ0n) is 15.7. The molecule has 1 aliphatic heterocycles. The van der Waals surface area contributed by atoms with Crippen molar-refractivity contribution in [3.63, 3.8) is 0 Å². The number of nitrogens with zero attached hydrogens (tertiary/aromatic N) is 1. The Hall–Kier alpha value is -3.08. The Morgan fingerprint density at radius 1 is 1.07 bits per heavy atom. The largest absolute Gasteiger partial charge is 0.497 e. The molecule has 2 aromatic carbocycles. The van der Waals surface area contributed by atoms with Crippen LogP contribution in [0.2, 0.25) is 0 Å². The number of aromatic nitrogens is 1. The first kappa shape index (κ1) is 17.3. The molecule has 138 valence electrons. The summed E-state index contributed by atoms with van der Waals surface area (Å²) in [6.07, 6.45) is 0.561. The van der Waals surface area contributed by atoms with Crippen molar-refractivity contribution >= 4 is 16.8 Å². The zero-order chi connectivity index (χ0) is 19.0. The lowest BCUT2D eigenvalue weighted by Crippen LogP contribution is -2.13. The maximum Gasteiger partial charge on any atom is 0.220 e. The minimum atomic E-state index is 0.124. The Morgan fingerprint density at radius 2 is 1.85 bits per heavy atom. The van der Waals surface area contributed by atoms with Crippen molar-refractivity contribution in [1.29, 1.82) is 0 Å². The van der Waals surface area contributed by atoms with E-state index in [1.807, 2.05) is 12.1 Å². The molecule has 0 bridgehead atoms. The number of aryl methyl sites for hydroxylation is 1. The van der Waals surface area contributed by atoms with Gasteiger partial charge < -0.3 is 14.8 Å². The lowest BCUT2D eigenvalue weighted by Gasteiger charge is -2.13. The van der Waals surface area contributed by atoms with E-state index < -0.39 is 0 Å². The predicted molar refractivity (Wildman–Crippen MR) is 105 cm³/mol. The van der Waals surface area contributed by atoms with Gasteiger partial charge in [0.1, 0.15) is 17.0 Å². The van der Waals surface area contributed by atoms with Gasteiger partial charge in [-0.3, -0.25) is 4.79 Å². The van der Waals surface area contributed by atoms with Gasteiger partial charge in [0.2, 0.25) is 5.91 Å². The number of benzene rings is 2. The second-order valence-corrected chi connectivity index (χ2v) is 6.88. The second kappa shape index (κ2) is 6.91. The maximum atomic E-state index is 11.4. The van der Waals surface area contributed by atoms with Gasteiger partial charge in [0.15, 0.2) is 0 Å². The number of hydrogen-bond donors (Lipinski definition) is 1. The highest BCUT2D eigenvalue weighted by atomic mass is 16.5. The molecule has 5 heteroatoms. The van der Waals surface area contributed by atoms with Gasteiger partial charge in [0.05, 0.1) is 19.9 Å². The first-order valence-corrected chi connectivity index (χ1v) is 8.99. The summed E-state index contributed by atoms with van der Waals surface area (Å²) >= 11 is 0. The molecule has 27 heavy (non-hydrogen) atoms. The van der Waals surface area contributed by atoms with Gasteiger partial charge in [0, 0.05) is 35.9 Å². The molecule has 1 unspecified atom stereocenters. The predicted octanol–water partition coefficient (Wildman–Crippen LogP) is 3.83. The number of fused-ring (bicyclic) bond motifs is 1. The van der Waals surface area contributed by atoms with Crippen LogP contribution in [-0.2, 0) is 4.79 Å². The summed E-state index contributed by atoms with van der Waals surface area (Å²) in [5.41, 5.74) is 5.05. The minimum Gasteiger partial charge on any atom is -0.497 e. The Bertz CT molecular complexity index is 1010. The maximum absolute atomic E-state index is 11.4. The Morgan fingerprint density at radius 3 is 2.48 bits per heavy atom. The van der Waals surface area contributed by atoms with Gasteiger partial charge in [-0.05, 0) is 30.2 Å². The monoisotopic (exact) mass is 362 g/mol. The fourth-order valence-electron chi connectivity index (χ4n) is 3.62. The number of nitrogens with one attached hydrogen (secondary N) is 1. The highest BCUT2D eigenvalue weighted by molar-refractivity contribution is 5.91. The highest BCUT2D eigenvalue weighted by Gasteiger charge is 2.22. The quantitative estimate of drug-likeness (QED) is 0.766. The van der Waals surface area contributed by atoms with Crippen LogP contribution in [0.4, 0.5) is 0 Å². The normalized spacial score (nSPS) is 16.4. The summed E-state index contributed by atoms with van der Waals surface area (Å²) in [6, 6.07) is 14.2. The van der Waals surface area contributed by atoms with Crippen molar-refractivity contribution in [2.75, 3.05) is 20.8 Å². The molecule has 1 aromatic heterocycles. The summed E-state index contributed by atoms with van der Waals surface area (Å²) in [7, 11) is 3.29. The number of rotatable bonds is 4. The molecule has 5 nitrogen and oxygen atoms in total. The van der Waals surface area contributed by atoms with E-state index in [9.17, 15) is 4.79 Å². The van der Waals surface area contributed by atoms with Crippen LogP contribution >= 0.6 is 0 Å². The van der Waals surface area contributed by atoms with E-state index in [4.69, 9.17) is 14.5 Å². The van der Waals surface area contributed by atoms with Gasteiger partial charge in [-0.1, -0.05) is 24.3 Å². The third-order valence-electron chi connectivity index (χ3n) is 5.17. The summed E-state index contributed by atoms with van der Waals surface area (Å²) in [6.45, 7) is 2.78. The van der Waals surface area contributed by atoms with E-state index in [1.165, 1.54) is 5.56 Å². The molecular formula is C22H22N2O3. The van der Waals surface area contributed by atoms with Gasteiger partial charge in [-0.2, -0.15) is 0 Å². The Labute approximate surface area is 158 Å². The topological polar surface area (TPSA) is 60.5 Å². The van der Waals surface area contributed by atoms with Crippen molar-refractivity contribution in [1.82, 2.24) is 10.3 Å². The zero-order valence-corrected chi connectivity index (χ0v) is 15.7. The van der Waals surface area contributed by atoms with Crippen LogP contribution in [0.5, 0.6) is 11.5 Å². The lowest BCUT2D eigenvalue weighted by molar-refractivity contribution is -0.119. The summed E-state index contributed by atoms with van der Waals surface area (Å²) in [5, 5.41) is 3.90. The molecule has 1 saturated heterocycles. The molecule has 1 fully saturated rings. The van der Waals surface area contributed by atoms with Crippen molar-refractivity contribution in [2.45, 2.75) is 19.3 Å². The molecule has 2 heterocycles. The number of amides is 1. The third-order valence-corrected chi connectivity index (χ3v) is 5.17. The number of pyridine rings is 1. The van der Waals surface area contributed by atoms with Crippen LogP contribution in [0.25, 0.3) is 22.2 Å². The molecule has 0 spiro atoms. The molecule has 1 amide bonds. The fourth-order valence-corrected chi connectivity index (χ4v) is 3.62. The van der Waals surface area contributed by atoms with Gasteiger partial charge in [-0.15, -0.1) is 0 Å². The van der Waals surface area contributed by atoms with Crippen molar-refractivity contribution in [2.24, 2.45) is 0 Å². The van der Waals surface area contributed by atoms with Crippen molar-refractivity contribution in [3.05, 3.63) is 53.6 Å². The highest BCUT2D eigenvalue weighted by Crippen LogP contribution is 2.34. The number of methoxy groups -OCH3 is 2. The molecule has 1 atom stereocenters. The third kappa shape index (κ3) is 3.21. The van der Waals surface area contributed by atoms with E-state index in [0.717, 1.165) is 33.5 Å². The molecule has 4 rings (SSSR count). The SMILES string of the molecule is COc1cc(OC)c2nc(-c3ccc(C4CNC(=O)C4)cc3)cc(C)c2c1. The van der Waals surface area contributed by atoms with Crippen LogP contribution < -0.4 is 14.8 Å². The summed E-state index contributed by atoms with van der Waals surface area (Å²) in [5.74, 6) is 1.83. The van der Waals surface area contributed by atoms with Crippen LogP contribution in [0, 0.1) is 6.92 Å². The van der Waals surface area contributed by atoms with Crippen molar-refractivity contribution in [3.8, 4) is 22.8 Å². The molecular weight excluding hydrogens is 340 g/mol. The van der Waals surface area contributed by atoms with Crippen molar-refractivity contribution < 1.29 is 14.3 Å². The molecule has 3 aromatic rings. The minimum absolute atomic E-state index is 0.124. The molecule has 0 radical (unpaired) electrons. The Kier molecular flexibility index (Phi) is 4.44. The Balaban J connectivity index is 1.74. The molecule has 0 saturated carbocycles. The van der Waals surface area contributed by atoms with E-state index in [1.54, 1.807) is 14.2 Å².